The molecule has 4 rings (SSSR count). The zero-order valence-electron chi connectivity index (χ0n) is 19.5. The Hall–Kier alpha value is -3.50. The highest BCUT2D eigenvalue weighted by Gasteiger charge is 2.27. The second kappa shape index (κ2) is 10.0. The number of piperazine rings is 1. The quantitative estimate of drug-likeness (QED) is 0.529. The van der Waals surface area contributed by atoms with Crippen LogP contribution in [0.5, 0.6) is 0 Å². The maximum atomic E-state index is 13.2. The molecule has 1 saturated heterocycles. The number of aromatic nitrogens is 1. The van der Waals surface area contributed by atoms with Gasteiger partial charge in [0.25, 0.3) is 10.0 Å². The normalized spacial score (nSPS) is 16.8. The molecule has 2 aromatic carbocycles. The molecule has 35 heavy (non-hydrogen) atoms. The predicted octanol–water partition coefficient (Wildman–Crippen LogP) is 4.18. The minimum Gasteiger partial charge on any atom is -0.465 e. The van der Waals surface area contributed by atoms with Crippen molar-refractivity contribution in [2.45, 2.75) is 31.3 Å². The lowest BCUT2D eigenvalue weighted by molar-refractivity contribution is 0.0710. The molecule has 10 heteroatoms. The Bertz CT molecular complexity index is 1330. The van der Waals surface area contributed by atoms with Crippen LogP contribution in [0, 0.1) is 12.7 Å². The van der Waals surface area contributed by atoms with Gasteiger partial charge in [0.05, 0.1) is 0 Å². The van der Waals surface area contributed by atoms with Gasteiger partial charge in [0, 0.05) is 55.9 Å². The summed E-state index contributed by atoms with van der Waals surface area (Å²) in [5.41, 5.74) is 3.63. The molecular weight excluding hydrogens is 471 g/mol. The molecule has 0 bridgehead atoms. The van der Waals surface area contributed by atoms with Crippen LogP contribution in [0.3, 0.4) is 0 Å². The number of pyridine rings is 1. The van der Waals surface area contributed by atoms with E-state index in [1.165, 1.54) is 35.5 Å². The molecular formula is C25H27FN4O4S. The number of halogens is 1. The van der Waals surface area contributed by atoms with Crippen molar-refractivity contribution < 1.29 is 22.7 Å². The maximum Gasteiger partial charge on any atom is 0.407 e. The van der Waals surface area contributed by atoms with Gasteiger partial charge in [0.2, 0.25) is 0 Å². The Morgan fingerprint density at radius 3 is 2.51 bits per heavy atom. The molecule has 3 aromatic rings. The number of nitrogens with zero attached hydrogens (tertiary/aromatic N) is 3. The van der Waals surface area contributed by atoms with E-state index in [0.29, 0.717) is 43.0 Å². The first-order chi connectivity index (χ1) is 16.6. The Labute approximate surface area is 204 Å². The fourth-order valence-electron chi connectivity index (χ4n) is 4.22. The number of sulfonamides is 1. The van der Waals surface area contributed by atoms with Crippen LogP contribution in [-0.4, -0.2) is 60.1 Å². The minimum absolute atomic E-state index is 0.00587. The number of hydrogen-bond acceptors (Lipinski definition) is 5. The second-order valence-corrected chi connectivity index (χ2v) is 10.4. The first kappa shape index (κ1) is 24.6. The molecule has 0 radical (unpaired) electrons. The summed E-state index contributed by atoms with van der Waals surface area (Å²) < 4.78 is 41.8. The number of carbonyl (C=O) groups is 1. The van der Waals surface area contributed by atoms with Crippen molar-refractivity contribution in [3.8, 4) is 11.1 Å². The Balaban J connectivity index is 1.46. The molecule has 2 heterocycles. The summed E-state index contributed by atoms with van der Waals surface area (Å²) in [6.45, 7) is 6.20. The molecule has 1 atom stereocenters. The van der Waals surface area contributed by atoms with Crippen LogP contribution in [0.2, 0.25) is 0 Å². The Morgan fingerprint density at radius 2 is 1.86 bits per heavy atom. The fourth-order valence-corrected chi connectivity index (χ4v) is 5.26. The molecule has 1 aliphatic heterocycles. The molecule has 1 fully saturated rings. The lowest BCUT2D eigenvalue weighted by Crippen LogP contribution is -2.53. The lowest BCUT2D eigenvalue weighted by Gasteiger charge is -2.38. The van der Waals surface area contributed by atoms with Gasteiger partial charge in [-0.15, -0.1) is 0 Å². The number of aryl methyl sites for hydroxylation is 1. The molecule has 8 nitrogen and oxygen atoms in total. The van der Waals surface area contributed by atoms with Crippen molar-refractivity contribution >= 4 is 21.8 Å². The van der Waals surface area contributed by atoms with E-state index in [2.05, 4.69) is 14.6 Å². The SMILES string of the molecule is Cc1cc(NS(=O)(=O)c2cncc(-c3ccc(F)cc3)c2)ccc1CN1CCN(C(=O)O)[C@@H](C)C1. The van der Waals surface area contributed by atoms with E-state index in [9.17, 15) is 22.7 Å². The zero-order chi connectivity index (χ0) is 25.2. The van der Waals surface area contributed by atoms with E-state index < -0.39 is 16.1 Å². The number of carboxylic acid groups (broad SMARTS) is 1. The average molecular weight is 499 g/mol. The van der Waals surface area contributed by atoms with Crippen molar-refractivity contribution in [1.29, 1.82) is 0 Å². The standard InChI is InChI=1S/C25H27FN4O4S/c1-17-11-23(8-5-20(17)16-29-9-10-30(25(31)32)18(2)15-29)28-35(33,34)24-12-21(13-27-14-24)19-3-6-22(26)7-4-19/h3-8,11-14,18,28H,9-10,15-16H2,1-2H3,(H,31,32)/t18-/m0/s1. The van der Waals surface area contributed by atoms with E-state index in [-0.39, 0.29) is 16.8 Å². The smallest absolute Gasteiger partial charge is 0.407 e. The molecule has 1 aliphatic rings. The summed E-state index contributed by atoms with van der Waals surface area (Å²) in [4.78, 5) is 19.0. The number of rotatable bonds is 6. The minimum atomic E-state index is -3.89. The molecule has 2 N–H and O–H groups in total. The van der Waals surface area contributed by atoms with Gasteiger partial charge in [-0.05, 0) is 60.9 Å². The van der Waals surface area contributed by atoms with Gasteiger partial charge in [-0.2, -0.15) is 0 Å². The zero-order valence-corrected chi connectivity index (χ0v) is 20.3. The highest BCUT2D eigenvalue weighted by molar-refractivity contribution is 7.92. The lowest BCUT2D eigenvalue weighted by atomic mass is 10.1. The topological polar surface area (TPSA) is 103 Å². The first-order valence-electron chi connectivity index (χ1n) is 11.2. The summed E-state index contributed by atoms with van der Waals surface area (Å²) in [7, 11) is -3.89. The second-order valence-electron chi connectivity index (χ2n) is 8.72. The number of hydrogen-bond donors (Lipinski definition) is 2. The molecule has 0 spiro atoms. The third kappa shape index (κ3) is 5.77. The molecule has 0 saturated carbocycles. The van der Waals surface area contributed by atoms with E-state index in [4.69, 9.17) is 0 Å². The number of nitrogens with one attached hydrogen (secondary N) is 1. The summed E-state index contributed by atoms with van der Waals surface area (Å²) in [5.74, 6) is -0.372. The summed E-state index contributed by atoms with van der Waals surface area (Å²) in [6, 6.07) is 12.6. The van der Waals surface area contributed by atoms with Crippen molar-refractivity contribution in [2.24, 2.45) is 0 Å². The van der Waals surface area contributed by atoms with Crippen LogP contribution >= 0.6 is 0 Å². The van der Waals surface area contributed by atoms with E-state index in [1.54, 1.807) is 24.3 Å². The van der Waals surface area contributed by atoms with Gasteiger partial charge in [0.15, 0.2) is 0 Å². The van der Waals surface area contributed by atoms with Crippen LogP contribution in [0.25, 0.3) is 11.1 Å². The monoisotopic (exact) mass is 498 g/mol. The van der Waals surface area contributed by atoms with Crippen molar-refractivity contribution in [3.63, 3.8) is 0 Å². The molecule has 0 unspecified atom stereocenters. The van der Waals surface area contributed by atoms with E-state index >= 15 is 0 Å². The van der Waals surface area contributed by atoms with Crippen molar-refractivity contribution in [2.75, 3.05) is 24.4 Å². The van der Waals surface area contributed by atoms with Crippen LogP contribution in [0.1, 0.15) is 18.1 Å². The van der Waals surface area contributed by atoms with Crippen molar-refractivity contribution in [3.05, 3.63) is 77.9 Å². The van der Waals surface area contributed by atoms with Gasteiger partial charge >= 0.3 is 6.09 Å². The molecule has 184 valence electrons. The van der Waals surface area contributed by atoms with Gasteiger partial charge in [-0.1, -0.05) is 18.2 Å². The summed E-state index contributed by atoms with van der Waals surface area (Å²) in [6.07, 6.45) is 1.90. The summed E-state index contributed by atoms with van der Waals surface area (Å²) >= 11 is 0. The first-order valence-corrected chi connectivity index (χ1v) is 12.7. The van der Waals surface area contributed by atoms with E-state index in [1.807, 2.05) is 19.9 Å². The summed E-state index contributed by atoms with van der Waals surface area (Å²) in [5, 5.41) is 9.25. The fraction of sp³-hybridized carbons (Fsp3) is 0.280. The molecule has 0 aliphatic carbocycles. The highest BCUT2D eigenvalue weighted by Crippen LogP contribution is 2.25. The third-order valence-corrected chi connectivity index (χ3v) is 7.50. The average Bonchev–Trinajstić information content (AvgIpc) is 2.81. The van der Waals surface area contributed by atoms with E-state index in [0.717, 1.165) is 11.1 Å². The molecule has 1 aromatic heterocycles. The Kier molecular flexibility index (Phi) is 7.04. The van der Waals surface area contributed by atoms with Crippen LogP contribution in [0.15, 0.2) is 65.8 Å². The van der Waals surface area contributed by atoms with Gasteiger partial charge in [0.1, 0.15) is 10.7 Å². The predicted molar refractivity (Wildman–Crippen MR) is 131 cm³/mol. The van der Waals surface area contributed by atoms with Crippen molar-refractivity contribution in [1.82, 2.24) is 14.8 Å². The van der Waals surface area contributed by atoms with Crippen LogP contribution in [0.4, 0.5) is 14.9 Å². The largest absolute Gasteiger partial charge is 0.465 e. The molecule has 1 amide bonds. The van der Waals surface area contributed by atoms with Gasteiger partial charge in [-0.3, -0.25) is 14.6 Å². The van der Waals surface area contributed by atoms with Gasteiger partial charge in [-0.25, -0.2) is 17.6 Å². The van der Waals surface area contributed by atoms with Gasteiger partial charge < -0.3 is 10.0 Å². The highest BCUT2D eigenvalue weighted by atomic mass is 32.2. The van der Waals surface area contributed by atoms with Crippen LogP contribution < -0.4 is 4.72 Å². The maximum absolute atomic E-state index is 13.2. The Morgan fingerprint density at radius 1 is 1.11 bits per heavy atom. The van der Waals surface area contributed by atoms with Crippen LogP contribution in [-0.2, 0) is 16.6 Å². The number of amides is 1. The third-order valence-electron chi connectivity index (χ3n) is 6.15. The number of anilines is 1. The number of benzene rings is 2.